The number of aromatic nitrogens is 2. The van der Waals surface area contributed by atoms with Gasteiger partial charge in [-0.1, -0.05) is 0 Å². The van der Waals surface area contributed by atoms with Crippen LogP contribution in [0.25, 0.3) is 0 Å². The Hall–Kier alpha value is -2.83. The van der Waals surface area contributed by atoms with Crippen molar-refractivity contribution in [1.82, 2.24) is 15.3 Å². The van der Waals surface area contributed by atoms with Gasteiger partial charge in [0.1, 0.15) is 30.1 Å². The van der Waals surface area contributed by atoms with E-state index in [4.69, 9.17) is 9.47 Å². The highest BCUT2D eigenvalue weighted by molar-refractivity contribution is 5.62. The number of halogens is 1. The van der Waals surface area contributed by atoms with Crippen LogP contribution < -0.4 is 20.7 Å². The molecular weight excluding hydrogens is 351 g/mol. The van der Waals surface area contributed by atoms with Crippen LogP contribution in [0.5, 0.6) is 5.75 Å². The summed E-state index contributed by atoms with van der Waals surface area (Å²) in [5.41, 5.74) is 0.406. The van der Waals surface area contributed by atoms with Gasteiger partial charge in [0.15, 0.2) is 0 Å². The Balaban J connectivity index is 1.43. The van der Waals surface area contributed by atoms with Gasteiger partial charge in [-0.05, 0) is 18.9 Å². The van der Waals surface area contributed by atoms with Crippen molar-refractivity contribution in [2.75, 3.05) is 37.0 Å². The first-order chi connectivity index (χ1) is 13.2. The van der Waals surface area contributed by atoms with Crippen molar-refractivity contribution in [3.05, 3.63) is 29.7 Å². The molecule has 9 heteroatoms. The van der Waals surface area contributed by atoms with Crippen molar-refractivity contribution in [3.8, 4) is 11.8 Å². The van der Waals surface area contributed by atoms with Crippen LogP contribution in [0.1, 0.15) is 18.4 Å². The van der Waals surface area contributed by atoms with E-state index >= 15 is 0 Å². The highest BCUT2D eigenvalue weighted by Crippen LogP contribution is 2.29. The Bertz CT molecular complexity index is 839. The first kappa shape index (κ1) is 17.6. The van der Waals surface area contributed by atoms with Crippen LogP contribution in [-0.2, 0) is 4.74 Å². The van der Waals surface area contributed by atoms with Crippen LogP contribution in [0.4, 0.5) is 21.8 Å². The SMILES string of the molecule is N#Cc1cc(Nc2ncc(NC3CC3)[nH]2)c(F)cc1OC[C@@H]1COCCN1. The molecule has 142 valence electrons. The molecular formula is C18H21FN6O2. The minimum Gasteiger partial charge on any atom is -0.490 e. The molecule has 1 aromatic carbocycles. The summed E-state index contributed by atoms with van der Waals surface area (Å²) < 4.78 is 25.5. The van der Waals surface area contributed by atoms with E-state index in [-0.39, 0.29) is 23.0 Å². The number of hydrogen-bond acceptors (Lipinski definition) is 7. The van der Waals surface area contributed by atoms with Crippen molar-refractivity contribution in [2.45, 2.75) is 24.9 Å². The van der Waals surface area contributed by atoms with Gasteiger partial charge in [0.05, 0.1) is 36.7 Å². The van der Waals surface area contributed by atoms with Gasteiger partial charge in [0.25, 0.3) is 0 Å². The zero-order chi connectivity index (χ0) is 18.6. The average molecular weight is 372 g/mol. The topological polar surface area (TPSA) is 107 Å². The lowest BCUT2D eigenvalue weighted by Crippen LogP contribution is -2.44. The molecule has 1 atom stereocenters. The molecule has 2 heterocycles. The Kier molecular flexibility index (Phi) is 5.09. The van der Waals surface area contributed by atoms with E-state index in [0.717, 1.165) is 25.2 Å². The first-order valence-electron chi connectivity index (χ1n) is 8.97. The first-order valence-corrected chi connectivity index (χ1v) is 8.97. The predicted molar refractivity (Wildman–Crippen MR) is 97.7 cm³/mol. The molecule has 0 spiro atoms. The number of nitriles is 1. The minimum absolute atomic E-state index is 0.0201. The average Bonchev–Trinajstić information content (AvgIpc) is 3.39. The Morgan fingerprint density at radius 1 is 1.41 bits per heavy atom. The van der Waals surface area contributed by atoms with Crippen molar-refractivity contribution in [1.29, 1.82) is 5.26 Å². The second kappa shape index (κ2) is 7.82. The van der Waals surface area contributed by atoms with Crippen LogP contribution in [0.2, 0.25) is 0 Å². The van der Waals surface area contributed by atoms with Crippen LogP contribution in [0.3, 0.4) is 0 Å². The number of hydrogen-bond donors (Lipinski definition) is 4. The van der Waals surface area contributed by atoms with Crippen LogP contribution in [0, 0.1) is 17.1 Å². The lowest BCUT2D eigenvalue weighted by Gasteiger charge is -2.24. The zero-order valence-corrected chi connectivity index (χ0v) is 14.7. The quantitative estimate of drug-likeness (QED) is 0.590. The fourth-order valence-electron chi connectivity index (χ4n) is 2.81. The molecule has 0 bridgehead atoms. The highest BCUT2D eigenvalue weighted by Gasteiger charge is 2.21. The summed E-state index contributed by atoms with van der Waals surface area (Å²) in [4.78, 5) is 7.22. The minimum atomic E-state index is -0.523. The van der Waals surface area contributed by atoms with Crippen LogP contribution in [-0.4, -0.2) is 48.4 Å². The Morgan fingerprint density at radius 3 is 3.04 bits per heavy atom. The molecule has 4 rings (SSSR count). The third-order valence-electron chi connectivity index (χ3n) is 4.39. The number of rotatable bonds is 7. The van der Waals surface area contributed by atoms with E-state index in [2.05, 4.69) is 32.0 Å². The summed E-state index contributed by atoms with van der Waals surface area (Å²) in [5.74, 6) is 0.870. The normalized spacial score (nSPS) is 19.3. The molecule has 0 amide bonds. The standard InChI is InChI=1S/C18H21FN6O2/c19-14-6-16(27-10-13-9-26-4-3-21-13)11(7-20)5-15(14)24-18-22-8-17(25-18)23-12-1-2-12/h5-6,8,12-13,21,23H,1-4,9-10H2,(H2,22,24,25)/t13-/m0/s1. The molecule has 0 radical (unpaired) electrons. The fourth-order valence-corrected chi connectivity index (χ4v) is 2.81. The molecule has 1 aliphatic carbocycles. The number of ether oxygens (including phenoxy) is 2. The van der Waals surface area contributed by atoms with Crippen molar-refractivity contribution < 1.29 is 13.9 Å². The maximum absolute atomic E-state index is 14.5. The maximum Gasteiger partial charge on any atom is 0.206 e. The lowest BCUT2D eigenvalue weighted by molar-refractivity contribution is 0.0592. The molecule has 1 aromatic heterocycles. The number of aromatic amines is 1. The highest BCUT2D eigenvalue weighted by atomic mass is 19.1. The summed E-state index contributed by atoms with van der Waals surface area (Å²) in [5, 5.41) is 18.8. The molecule has 0 unspecified atom stereocenters. The molecule has 2 fully saturated rings. The van der Waals surface area contributed by atoms with Gasteiger partial charge in [-0.15, -0.1) is 0 Å². The molecule has 2 aromatic rings. The van der Waals surface area contributed by atoms with E-state index in [1.807, 2.05) is 0 Å². The lowest BCUT2D eigenvalue weighted by atomic mass is 10.2. The molecule has 1 saturated carbocycles. The maximum atomic E-state index is 14.5. The molecule has 4 N–H and O–H groups in total. The number of H-pyrrole nitrogens is 1. The number of anilines is 3. The van der Waals surface area contributed by atoms with Gasteiger partial charge in [-0.2, -0.15) is 5.26 Å². The van der Waals surface area contributed by atoms with Crippen molar-refractivity contribution in [2.24, 2.45) is 0 Å². The third-order valence-corrected chi connectivity index (χ3v) is 4.39. The van der Waals surface area contributed by atoms with Gasteiger partial charge in [0, 0.05) is 18.7 Å². The van der Waals surface area contributed by atoms with Crippen molar-refractivity contribution >= 4 is 17.5 Å². The zero-order valence-electron chi connectivity index (χ0n) is 14.7. The third kappa shape index (κ3) is 4.48. The molecule has 1 saturated heterocycles. The largest absolute Gasteiger partial charge is 0.490 e. The van der Waals surface area contributed by atoms with E-state index in [1.165, 1.54) is 12.1 Å². The van der Waals surface area contributed by atoms with Gasteiger partial charge in [-0.25, -0.2) is 9.37 Å². The van der Waals surface area contributed by atoms with Gasteiger partial charge < -0.3 is 30.4 Å². The number of imidazole rings is 1. The number of morpholine rings is 1. The van der Waals surface area contributed by atoms with E-state index in [0.29, 0.717) is 31.8 Å². The van der Waals surface area contributed by atoms with Crippen LogP contribution >= 0.6 is 0 Å². The number of nitrogens with zero attached hydrogens (tertiary/aromatic N) is 2. The molecule has 2 aliphatic rings. The Morgan fingerprint density at radius 2 is 2.30 bits per heavy atom. The molecule has 27 heavy (non-hydrogen) atoms. The van der Waals surface area contributed by atoms with Gasteiger partial charge in [-0.3, -0.25) is 0 Å². The predicted octanol–water partition coefficient (Wildman–Crippen LogP) is 2.11. The summed E-state index contributed by atoms with van der Waals surface area (Å²) >= 11 is 0. The molecule has 1 aliphatic heterocycles. The van der Waals surface area contributed by atoms with Crippen LogP contribution in [0.15, 0.2) is 18.3 Å². The number of benzene rings is 1. The van der Waals surface area contributed by atoms with E-state index in [1.54, 1.807) is 6.20 Å². The molecule has 8 nitrogen and oxygen atoms in total. The summed E-state index contributed by atoms with van der Waals surface area (Å²) in [6.07, 6.45) is 3.94. The van der Waals surface area contributed by atoms with Crippen molar-refractivity contribution in [3.63, 3.8) is 0 Å². The Labute approximate surface area is 156 Å². The summed E-state index contributed by atoms with van der Waals surface area (Å²) in [6, 6.07) is 5.20. The second-order valence-electron chi connectivity index (χ2n) is 6.67. The van der Waals surface area contributed by atoms with Gasteiger partial charge in [0.2, 0.25) is 5.95 Å². The second-order valence-corrected chi connectivity index (χ2v) is 6.67. The summed E-state index contributed by atoms with van der Waals surface area (Å²) in [6.45, 7) is 2.24. The monoisotopic (exact) mass is 372 g/mol. The smallest absolute Gasteiger partial charge is 0.206 e. The van der Waals surface area contributed by atoms with E-state index in [9.17, 15) is 9.65 Å². The summed E-state index contributed by atoms with van der Waals surface area (Å²) in [7, 11) is 0. The van der Waals surface area contributed by atoms with Gasteiger partial charge >= 0.3 is 0 Å². The van der Waals surface area contributed by atoms with E-state index < -0.39 is 5.82 Å². The number of nitrogens with one attached hydrogen (secondary N) is 4. The fraction of sp³-hybridized carbons (Fsp3) is 0.444.